The molecule has 0 aliphatic carbocycles. The Kier molecular flexibility index (Phi) is 3.87. The molecule has 18 heavy (non-hydrogen) atoms. The Balaban J connectivity index is 2.37. The maximum atomic E-state index is 13.5. The fourth-order valence-corrected chi connectivity index (χ4v) is 2.13. The number of benzene rings is 2. The van der Waals surface area contributed by atoms with E-state index in [1.807, 2.05) is 24.3 Å². The van der Waals surface area contributed by atoms with Crippen LogP contribution in [0.4, 0.5) is 21.5 Å². The van der Waals surface area contributed by atoms with Gasteiger partial charge in [-0.25, -0.2) is 4.39 Å². The van der Waals surface area contributed by atoms with Crippen molar-refractivity contribution in [3.05, 3.63) is 52.3 Å². The fraction of sp³-hybridized carbons (Fsp3) is 0.143. The zero-order valence-electron chi connectivity index (χ0n) is 10.0. The number of halogens is 2. The molecular formula is C14H14BrFN2. The predicted octanol–water partition coefficient (Wildman–Crippen LogP) is 4.48. The highest BCUT2D eigenvalue weighted by Crippen LogP contribution is 2.30. The van der Waals surface area contributed by atoms with Gasteiger partial charge in [0.2, 0.25) is 0 Å². The first-order chi connectivity index (χ1) is 8.61. The van der Waals surface area contributed by atoms with Crippen LogP contribution >= 0.6 is 15.9 Å². The summed E-state index contributed by atoms with van der Waals surface area (Å²) >= 11 is 3.11. The summed E-state index contributed by atoms with van der Waals surface area (Å²) in [5.74, 6) is -0.333. The first-order valence-corrected chi connectivity index (χ1v) is 6.50. The highest BCUT2D eigenvalue weighted by atomic mass is 79.9. The van der Waals surface area contributed by atoms with E-state index in [2.05, 4.69) is 28.2 Å². The molecular weight excluding hydrogens is 295 g/mol. The van der Waals surface area contributed by atoms with Crippen LogP contribution in [0.2, 0.25) is 0 Å². The second-order valence-corrected chi connectivity index (χ2v) is 4.84. The molecule has 0 unspecified atom stereocenters. The molecule has 0 bridgehead atoms. The summed E-state index contributed by atoms with van der Waals surface area (Å²) in [5.41, 5.74) is 9.08. The van der Waals surface area contributed by atoms with E-state index >= 15 is 0 Å². The fourth-order valence-electron chi connectivity index (χ4n) is 1.77. The third kappa shape index (κ3) is 2.64. The molecule has 0 saturated carbocycles. The van der Waals surface area contributed by atoms with Gasteiger partial charge in [0, 0.05) is 11.8 Å². The summed E-state index contributed by atoms with van der Waals surface area (Å²) in [7, 11) is 0. The Bertz CT molecular complexity index is 570. The Morgan fingerprint density at radius 2 is 1.94 bits per heavy atom. The van der Waals surface area contributed by atoms with Crippen molar-refractivity contribution in [2.24, 2.45) is 0 Å². The number of para-hydroxylation sites is 1. The number of nitrogens with two attached hydrogens (primary N) is 1. The summed E-state index contributed by atoms with van der Waals surface area (Å²) in [6.45, 7) is 2.08. The smallest absolute Gasteiger partial charge is 0.139 e. The van der Waals surface area contributed by atoms with Gasteiger partial charge < -0.3 is 11.1 Å². The molecule has 0 fully saturated rings. The van der Waals surface area contributed by atoms with E-state index < -0.39 is 0 Å². The van der Waals surface area contributed by atoms with Crippen LogP contribution in [0.5, 0.6) is 0 Å². The van der Waals surface area contributed by atoms with E-state index in [1.165, 1.54) is 11.6 Å². The van der Waals surface area contributed by atoms with E-state index in [-0.39, 0.29) is 5.82 Å². The average Bonchev–Trinajstić information content (AvgIpc) is 2.36. The maximum Gasteiger partial charge on any atom is 0.139 e. The summed E-state index contributed by atoms with van der Waals surface area (Å²) < 4.78 is 13.9. The summed E-state index contributed by atoms with van der Waals surface area (Å²) in [6.07, 6.45) is 0.905. The van der Waals surface area contributed by atoms with Gasteiger partial charge in [0.15, 0.2) is 0 Å². The van der Waals surface area contributed by atoms with Gasteiger partial charge in [-0.3, -0.25) is 0 Å². The molecule has 0 spiro atoms. The van der Waals surface area contributed by atoms with Crippen molar-refractivity contribution in [3.63, 3.8) is 0 Å². The lowest BCUT2D eigenvalue weighted by Crippen LogP contribution is -2.00. The van der Waals surface area contributed by atoms with Crippen LogP contribution in [0, 0.1) is 5.82 Å². The monoisotopic (exact) mass is 308 g/mol. The predicted molar refractivity (Wildman–Crippen MR) is 77.6 cm³/mol. The minimum atomic E-state index is -0.333. The molecule has 2 nitrogen and oxygen atoms in total. The van der Waals surface area contributed by atoms with Crippen molar-refractivity contribution in [3.8, 4) is 0 Å². The number of hydrogen-bond acceptors (Lipinski definition) is 2. The van der Waals surface area contributed by atoms with Crippen molar-refractivity contribution in [1.29, 1.82) is 0 Å². The van der Waals surface area contributed by atoms with Gasteiger partial charge in [-0.15, -0.1) is 0 Å². The van der Waals surface area contributed by atoms with Crippen LogP contribution in [0.1, 0.15) is 12.5 Å². The zero-order valence-corrected chi connectivity index (χ0v) is 11.6. The van der Waals surface area contributed by atoms with Gasteiger partial charge in [0.1, 0.15) is 5.82 Å². The lowest BCUT2D eigenvalue weighted by atomic mass is 10.1. The SMILES string of the molecule is CCc1ccccc1Nc1cc(F)c(Br)cc1N. The van der Waals surface area contributed by atoms with Crippen molar-refractivity contribution in [2.45, 2.75) is 13.3 Å². The minimum absolute atomic E-state index is 0.333. The summed E-state index contributed by atoms with van der Waals surface area (Å²) in [5, 5.41) is 3.17. The van der Waals surface area contributed by atoms with Crippen molar-refractivity contribution >= 4 is 33.0 Å². The van der Waals surface area contributed by atoms with E-state index in [9.17, 15) is 4.39 Å². The number of nitrogen functional groups attached to an aromatic ring is 1. The average molecular weight is 309 g/mol. The molecule has 3 N–H and O–H groups in total. The standard InChI is InChI=1S/C14H14BrFN2/c1-2-9-5-3-4-6-13(9)18-14-8-11(16)10(15)7-12(14)17/h3-8,18H,2,17H2,1H3. The molecule has 0 amide bonds. The molecule has 0 saturated heterocycles. The zero-order chi connectivity index (χ0) is 13.1. The normalized spacial score (nSPS) is 10.4. The Morgan fingerprint density at radius 3 is 2.67 bits per heavy atom. The first-order valence-electron chi connectivity index (χ1n) is 5.71. The number of nitrogens with one attached hydrogen (secondary N) is 1. The van der Waals surface area contributed by atoms with Crippen LogP contribution in [0.15, 0.2) is 40.9 Å². The van der Waals surface area contributed by atoms with E-state index in [0.29, 0.717) is 15.8 Å². The largest absolute Gasteiger partial charge is 0.397 e. The number of rotatable bonds is 3. The van der Waals surface area contributed by atoms with E-state index in [4.69, 9.17) is 5.73 Å². The van der Waals surface area contributed by atoms with Crippen LogP contribution in [-0.2, 0) is 6.42 Å². The Morgan fingerprint density at radius 1 is 1.22 bits per heavy atom. The molecule has 0 aliphatic heterocycles. The third-order valence-electron chi connectivity index (χ3n) is 2.76. The van der Waals surface area contributed by atoms with Gasteiger partial charge >= 0.3 is 0 Å². The molecule has 4 heteroatoms. The number of aryl methyl sites for hydroxylation is 1. The summed E-state index contributed by atoms with van der Waals surface area (Å²) in [4.78, 5) is 0. The molecule has 0 heterocycles. The van der Waals surface area contributed by atoms with Crippen molar-refractivity contribution < 1.29 is 4.39 Å². The molecule has 0 atom stereocenters. The van der Waals surface area contributed by atoms with E-state index in [0.717, 1.165) is 12.1 Å². The van der Waals surface area contributed by atoms with Gasteiger partial charge in [0.05, 0.1) is 15.8 Å². The van der Waals surface area contributed by atoms with Crippen LogP contribution < -0.4 is 11.1 Å². The van der Waals surface area contributed by atoms with Gasteiger partial charge in [0.25, 0.3) is 0 Å². The summed E-state index contributed by atoms with van der Waals surface area (Å²) in [6, 6.07) is 10.9. The molecule has 2 aromatic carbocycles. The number of hydrogen-bond donors (Lipinski definition) is 2. The molecule has 2 rings (SSSR count). The van der Waals surface area contributed by atoms with Gasteiger partial charge in [-0.05, 0) is 40.0 Å². The van der Waals surface area contributed by atoms with Crippen LogP contribution in [0.25, 0.3) is 0 Å². The van der Waals surface area contributed by atoms with Gasteiger partial charge in [-0.2, -0.15) is 0 Å². The van der Waals surface area contributed by atoms with E-state index in [1.54, 1.807) is 6.07 Å². The van der Waals surface area contributed by atoms with Gasteiger partial charge in [-0.1, -0.05) is 25.1 Å². The highest BCUT2D eigenvalue weighted by Gasteiger charge is 2.07. The molecule has 94 valence electrons. The Labute approximate surface area is 114 Å². The van der Waals surface area contributed by atoms with Crippen molar-refractivity contribution in [1.82, 2.24) is 0 Å². The second kappa shape index (κ2) is 5.40. The molecule has 2 aromatic rings. The van der Waals surface area contributed by atoms with Crippen molar-refractivity contribution in [2.75, 3.05) is 11.1 Å². The molecule has 0 aliphatic rings. The lowest BCUT2D eigenvalue weighted by molar-refractivity contribution is 0.622. The molecule has 0 radical (unpaired) electrons. The topological polar surface area (TPSA) is 38.0 Å². The lowest BCUT2D eigenvalue weighted by Gasteiger charge is -2.13. The first kappa shape index (κ1) is 12.9. The van der Waals surface area contributed by atoms with Crippen LogP contribution in [-0.4, -0.2) is 0 Å². The second-order valence-electron chi connectivity index (χ2n) is 3.99. The molecule has 0 aromatic heterocycles. The maximum absolute atomic E-state index is 13.5. The van der Waals surface area contributed by atoms with Crippen LogP contribution in [0.3, 0.4) is 0 Å². The minimum Gasteiger partial charge on any atom is -0.397 e. The number of anilines is 3. The quantitative estimate of drug-likeness (QED) is 0.821. The highest BCUT2D eigenvalue weighted by molar-refractivity contribution is 9.10. The third-order valence-corrected chi connectivity index (χ3v) is 3.37. The Hall–Kier alpha value is -1.55.